The summed E-state index contributed by atoms with van der Waals surface area (Å²) in [4.78, 5) is 17.2. The van der Waals surface area contributed by atoms with Gasteiger partial charge in [0.1, 0.15) is 11.4 Å². The molecular formula is C15H26N2O. The minimum atomic E-state index is -0.427. The van der Waals surface area contributed by atoms with Crippen molar-refractivity contribution in [2.45, 2.75) is 77.2 Å². The molecule has 1 fully saturated rings. The van der Waals surface area contributed by atoms with Gasteiger partial charge in [-0.05, 0) is 31.6 Å². The smallest absolute Gasteiger partial charge is 0.253 e. The molecule has 1 amide bonds. The van der Waals surface area contributed by atoms with E-state index in [-0.39, 0.29) is 5.91 Å². The first-order chi connectivity index (χ1) is 8.73. The van der Waals surface area contributed by atoms with E-state index in [0.29, 0.717) is 5.92 Å². The maximum atomic E-state index is 12.4. The lowest BCUT2D eigenvalue weighted by molar-refractivity contribution is -0.126. The Morgan fingerprint density at radius 3 is 2.61 bits per heavy atom. The van der Waals surface area contributed by atoms with Gasteiger partial charge in [0.25, 0.3) is 5.91 Å². The predicted molar refractivity (Wildman–Crippen MR) is 74.7 cm³/mol. The fraction of sp³-hybridized carbons (Fsp3) is 0.867. The summed E-state index contributed by atoms with van der Waals surface area (Å²) in [5.41, 5.74) is -0.427. The first-order valence-corrected chi connectivity index (χ1v) is 7.63. The van der Waals surface area contributed by atoms with Gasteiger partial charge in [-0.3, -0.25) is 9.79 Å². The van der Waals surface area contributed by atoms with Gasteiger partial charge in [0.05, 0.1) is 0 Å². The summed E-state index contributed by atoms with van der Waals surface area (Å²) in [6, 6.07) is 0. The number of unbranched alkanes of at least 4 members (excludes halogenated alkanes) is 1. The molecule has 0 aromatic heterocycles. The highest BCUT2D eigenvalue weighted by molar-refractivity contribution is 6.08. The van der Waals surface area contributed by atoms with Gasteiger partial charge in [-0.1, -0.05) is 39.5 Å². The van der Waals surface area contributed by atoms with E-state index in [0.717, 1.165) is 31.5 Å². The minimum Gasteiger partial charge on any atom is -0.312 e. The van der Waals surface area contributed by atoms with Gasteiger partial charge in [0, 0.05) is 6.42 Å². The minimum absolute atomic E-state index is 0.169. The van der Waals surface area contributed by atoms with E-state index >= 15 is 0 Å². The summed E-state index contributed by atoms with van der Waals surface area (Å²) in [6.07, 6.45) is 10.2. The molecule has 0 bridgehead atoms. The first kappa shape index (κ1) is 13.6. The van der Waals surface area contributed by atoms with E-state index in [1.54, 1.807) is 0 Å². The van der Waals surface area contributed by atoms with Crippen LogP contribution in [0.1, 0.15) is 71.6 Å². The van der Waals surface area contributed by atoms with Crippen LogP contribution >= 0.6 is 0 Å². The molecule has 3 nitrogen and oxygen atoms in total. The second kappa shape index (κ2) is 5.85. The zero-order valence-corrected chi connectivity index (χ0v) is 11.8. The zero-order chi connectivity index (χ0) is 13.0. The van der Waals surface area contributed by atoms with Gasteiger partial charge in [-0.25, -0.2) is 0 Å². The number of carbonyl (C=O) groups is 1. The molecule has 0 saturated heterocycles. The van der Waals surface area contributed by atoms with Crippen molar-refractivity contribution in [1.29, 1.82) is 0 Å². The van der Waals surface area contributed by atoms with Crippen molar-refractivity contribution in [2.24, 2.45) is 10.9 Å². The van der Waals surface area contributed by atoms with Crippen LogP contribution in [0.5, 0.6) is 0 Å². The van der Waals surface area contributed by atoms with Crippen LogP contribution in [-0.2, 0) is 4.79 Å². The summed E-state index contributed by atoms with van der Waals surface area (Å²) in [6.45, 7) is 4.28. The van der Waals surface area contributed by atoms with Gasteiger partial charge in [0.15, 0.2) is 0 Å². The molecule has 2 rings (SSSR count). The molecule has 1 heterocycles. The second-order valence-electron chi connectivity index (χ2n) is 5.73. The number of nitrogens with one attached hydrogen (secondary N) is 1. The number of hydrogen-bond acceptors (Lipinski definition) is 2. The number of rotatable bonds is 5. The predicted octanol–water partition coefficient (Wildman–Crippen LogP) is 3.43. The average Bonchev–Trinajstić information content (AvgIpc) is 2.75. The maximum absolute atomic E-state index is 12.4. The molecule has 0 unspecified atom stereocenters. The molecule has 1 aliphatic carbocycles. The molecule has 102 valence electrons. The fourth-order valence-corrected chi connectivity index (χ4v) is 3.41. The highest BCUT2D eigenvalue weighted by atomic mass is 16.2. The SMILES string of the molecule is CCCCC1=N[C@@](CC)(C2CCCCC2)C(=O)N1. The lowest BCUT2D eigenvalue weighted by Gasteiger charge is -2.34. The number of aliphatic imine (C=N–C) groups is 1. The third-order valence-electron chi connectivity index (χ3n) is 4.57. The molecule has 0 radical (unpaired) electrons. The van der Waals surface area contributed by atoms with Crippen LogP contribution in [-0.4, -0.2) is 17.3 Å². The Kier molecular flexibility index (Phi) is 4.41. The Hall–Kier alpha value is -0.860. The summed E-state index contributed by atoms with van der Waals surface area (Å²) >= 11 is 0. The van der Waals surface area contributed by atoms with Crippen molar-refractivity contribution in [1.82, 2.24) is 5.32 Å². The highest BCUT2D eigenvalue weighted by Gasteiger charge is 2.47. The summed E-state index contributed by atoms with van der Waals surface area (Å²) in [5.74, 6) is 1.58. The van der Waals surface area contributed by atoms with Crippen molar-refractivity contribution in [3.63, 3.8) is 0 Å². The van der Waals surface area contributed by atoms with Crippen LogP contribution < -0.4 is 5.32 Å². The van der Waals surface area contributed by atoms with Crippen molar-refractivity contribution in [3.05, 3.63) is 0 Å². The van der Waals surface area contributed by atoms with Crippen LogP contribution in [0.4, 0.5) is 0 Å². The summed E-state index contributed by atoms with van der Waals surface area (Å²) in [5, 5.41) is 3.04. The molecule has 3 heteroatoms. The number of hydrogen-bond donors (Lipinski definition) is 1. The van der Waals surface area contributed by atoms with Crippen molar-refractivity contribution < 1.29 is 4.79 Å². The third kappa shape index (κ3) is 2.45. The van der Waals surface area contributed by atoms with Gasteiger partial charge in [-0.2, -0.15) is 0 Å². The van der Waals surface area contributed by atoms with Crippen LogP contribution in [0, 0.1) is 5.92 Å². The van der Waals surface area contributed by atoms with Gasteiger partial charge in [0.2, 0.25) is 0 Å². The number of amidine groups is 1. The topological polar surface area (TPSA) is 41.5 Å². The number of amides is 1. The first-order valence-electron chi connectivity index (χ1n) is 7.63. The van der Waals surface area contributed by atoms with E-state index in [1.165, 1.54) is 32.1 Å². The molecule has 0 spiro atoms. The number of nitrogens with zero attached hydrogens (tertiary/aromatic N) is 1. The Morgan fingerprint density at radius 2 is 2.00 bits per heavy atom. The van der Waals surface area contributed by atoms with Crippen molar-refractivity contribution in [2.75, 3.05) is 0 Å². The van der Waals surface area contributed by atoms with Gasteiger partial charge >= 0.3 is 0 Å². The quantitative estimate of drug-likeness (QED) is 0.798. The molecule has 0 aromatic rings. The Morgan fingerprint density at radius 1 is 1.28 bits per heavy atom. The normalized spacial score (nSPS) is 29.2. The standard InChI is InChI=1S/C15H26N2O/c1-3-5-11-13-16-14(18)15(4-2,17-13)12-9-7-6-8-10-12/h12H,3-11H2,1-2H3,(H,16,17,18)/t15-/m0/s1. The van der Waals surface area contributed by atoms with Crippen molar-refractivity contribution in [3.8, 4) is 0 Å². The highest BCUT2D eigenvalue weighted by Crippen LogP contribution is 2.39. The van der Waals surface area contributed by atoms with Crippen LogP contribution in [0.25, 0.3) is 0 Å². The van der Waals surface area contributed by atoms with Crippen molar-refractivity contribution >= 4 is 11.7 Å². The fourth-order valence-electron chi connectivity index (χ4n) is 3.41. The van der Waals surface area contributed by atoms with E-state index < -0.39 is 5.54 Å². The monoisotopic (exact) mass is 250 g/mol. The van der Waals surface area contributed by atoms with E-state index in [4.69, 9.17) is 4.99 Å². The second-order valence-corrected chi connectivity index (χ2v) is 5.73. The number of carbonyl (C=O) groups excluding carboxylic acids is 1. The van der Waals surface area contributed by atoms with Crippen LogP contribution in [0.3, 0.4) is 0 Å². The maximum Gasteiger partial charge on any atom is 0.253 e. The molecule has 2 aliphatic rings. The van der Waals surface area contributed by atoms with E-state index in [2.05, 4.69) is 19.2 Å². The molecular weight excluding hydrogens is 224 g/mol. The average molecular weight is 250 g/mol. The Labute approximate surface area is 110 Å². The summed E-state index contributed by atoms with van der Waals surface area (Å²) in [7, 11) is 0. The third-order valence-corrected chi connectivity index (χ3v) is 4.57. The Bertz CT molecular complexity index is 331. The molecule has 1 saturated carbocycles. The lowest BCUT2D eigenvalue weighted by Crippen LogP contribution is -2.46. The Balaban J connectivity index is 2.14. The molecule has 1 aliphatic heterocycles. The molecule has 0 aromatic carbocycles. The molecule has 1 atom stereocenters. The van der Waals surface area contributed by atoms with E-state index in [1.807, 2.05) is 0 Å². The zero-order valence-electron chi connectivity index (χ0n) is 11.8. The molecule has 18 heavy (non-hydrogen) atoms. The summed E-state index contributed by atoms with van der Waals surface area (Å²) < 4.78 is 0. The van der Waals surface area contributed by atoms with Gasteiger partial charge < -0.3 is 5.32 Å². The van der Waals surface area contributed by atoms with E-state index in [9.17, 15) is 4.79 Å². The van der Waals surface area contributed by atoms with Crippen LogP contribution in [0.15, 0.2) is 4.99 Å². The lowest BCUT2D eigenvalue weighted by atomic mass is 9.73. The largest absolute Gasteiger partial charge is 0.312 e. The molecule has 1 N–H and O–H groups in total. The van der Waals surface area contributed by atoms with Gasteiger partial charge in [-0.15, -0.1) is 0 Å². The van der Waals surface area contributed by atoms with Crippen LogP contribution in [0.2, 0.25) is 0 Å².